The molecular formula is C15H21NO. The van der Waals surface area contributed by atoms with Gasteiger partial charge in [0.15, 0.2) is 0 Å². The molecule has 1 unspecified atom stereocenters. The van der Waals surface area contributed by atoms with Crippen molar-refractivity contribution in [2.45, 2.75) is 44.1 Å². The van der Waals surface area contributed by atoms with Crippen LogP contribution in [0.1, 0.15) is 48.5 Å². The highest BCUT2D eigenvalue weighted by Gasteiger charge is 2.39. The van der Waals surface area contributed by atoms with E-state index in [0.29, 0.717) is 12.0 Å². The summed E-state index contributed by atoms with van der Waals surface area (Å²) in [6.07, 6.45) is 4.84. The summed E-state index contributed by atoms with van der Waals surface area (Å²) in [7, 11) is 0. The van der Waals surface area contributed by atoms with Crippen LogP contribution in [0.4, 0.5) is 0 Å². The van der Waals surface area contributed by atoms with Crippen LogP contribution in [0.15, 0.2) is 18.2 Å². The average Bonchev–Trinajstić information content (AvgIpc) is 2.73. The van der Waals surface area contributed by atoms with Crippen LogP contribution in [0.25, 0.3) is 0 Å². The Morgan fingerprint density at radius 2 is 2.06 bits per heavy atom. The third kappa shape index (κ3) is 1.80. The Bertz CT molecular complexity index is 421. The topological polar surface area (TPSA) is 32.3 Å². The number of nitrogens with one attached hydrogen (secondary N) is 1. The number of benzene rings is 1. The lowest BCUT2D eigenvalue weighted by atomic mass is 9.76. The van der Waals surface area contributed by atoms with E-state index in [1.165, 1.54) is 36.8 Å². The van der Waals surface area contributed by atoms with Gasteiger partial charge in [0, 0.05) is 18.5 Å². The molecular weight excluding hydrogens is 210 g/mol. The summed E-state index contributed by atoms with van der Waals surface area (Å²) in [4.78, 5) is 0. The zero-order valence-electron chi connectivity index (χ0n) is 10.5. The smallest absolute Gasteiger partial charge is 0.0917 e. The van der Waals surface area contributed by atoms with E-state index in [-0.39, 0.29) is 6.10 Å². The third-order valence-corrected chi connectivity index (χ3v) is 4.50. The first-order valence-electron chi connectivity index (χ1n) is 6.71. The number of aliphatic hydroxyl groups excluding tert-OH is 1. The molecule has 0 aromatic heterocycles. The zero-order chi connectivity index (χ0) is 11.9. The number of hydrogen-bond donors (Lipinski definition) is 2. The molecule has 2 nitrogen and oxygen atoms in total. The Hall–Kier alpha value is -0.860. The number of hydrogen-bond acceptors (Lipinski definition) is 2. The van der Waals surface area contributed by atoms with Crippen molar-refractivity contribution in [2.24, 2.45) is 0 Å². The van der Waals surface area contributed by atoms with Gasteiger partial charge in [0.25, 0.3) is 0 Å². The molecule has 1 heterocycles. The minimum atomic E-state index is -0.343. The van der Waals surface area contributed by atoms with E-state index in [4.69, 9.17) is 0 Å². The summed E-state index contributed by atoms with van der Waals surface area (Å²) in [5.41, 5.74) is 4.10. The van der Waals surface area contributed by atoms with Crippen molar-refractivity contribution in [1.29, 1.82) is 0 Å². The second kappa shape index (κ2) is 4.11. The average molecular weight is 231 g/mol. The van der Waals surface area contributed by atoms with E-state index in [1.54, 1.807) is 0 Å². The Labute approximate surface area is 103 Å². The molecule has 1 aromatic rings. The fraction of sp³-hybridized carbons (Fsp3) is 0.600. The number of β-amino-alcohol motifs (C(OH)–C–C–N with tert-alkyl or cyclic N) is 1. The molecule has 1 saturated carbocycles. The van der Waals surface area contributed by atoms with Crippen LogP contribution < -0.4 is 5.32 Å². The molecule has 0 saturated heterocycles. The molecule has 0 amide bonds. The number of rotatable bonds is 0. The molecule has 1 aromatic carbocycles. The second-order valence-electron chi connectivity index (χ2n) is 5.72. The molecule has 1 aliphatic heterocycles. The van der Waals surface area contributed by atoms with Crippen LogP contribution >= 0.6 is 0 Å². The van der Waals surface area contributed by atoms with E-state index in [1.807, 2.05) is 0 Å². The van der Waals surface area contributed by atoms with Gasteiger partial charge in [-0.25, -0.2) is 0 Å². The molecule has 92 valence electrons. The van der Waals surface area contributed by atoms with Crippen LogP contribution in [0.5, 0.6) is 0 Å². The summed E-state index contributed by atoms with van der Waals surface area (Å²) < 4.78 is 0. The van der Waals surface area contributed by atoms with E-state index >= 15 is 0 Å². The van der Waals surface area contributed by atoms with Gasteiger partial charge in [-0.3, -0.25) is 0 Å². The molecule has 1 spiro atoms. The van der Waals surface area contributed by atoms with Gasteiger partial charge in [-0.05, 0) is 30.9 Å². The van der Waals surface area contributed by atoms with Gasteiger partial charge >= 0.3 is 0 Å². The molecule has 1 aliphatic carbocycles. The van der Waals surface area contributed by atoms with Crippen molar-refractivity contribution >= 4 is 0 Å². The molecule has 2 N–H and O–H groups in total. The lowest BCUT2D eigenvalue weighted by molar-refractivity contribution is 0.177. The lowest BCUT2D eigenvalue weighted by Crippen LogP contribution is -2.34. The Kier molecular flexibility index (Phi) is 2.72. The zero-order valence-corrected chi connectivity index (χ0v) is 10.5. The van der Waals surface area contributed by atoms with Gasteiger partial charge < -0.3 is 10.4 Å². The molecule has 17 heavy (non-hydrogen) atoms. The van der Waals surface area contributed by atoms with Crippen molar-refractivity contribution in [2.75, 3.05) is 13.1 Å². The first-order valence-corrected chi connectivity index (χ1v) is 6.71. The standard InChI is InChI=1S/C15H21NO/c1-11-4-5-13-12(8-11)14(17)9-16-10-15(13)6-2-3-7-15/h4-5,8,14,16-17H,2-3,6-7,9-10H2,1H3. The first kappa shape index (κ1) is 11.2. The molecule has 3 rings (SSSR count). The van der Waals surface area contributed by atoms with E-state index in [2.05, 4.69) is 30.4 Å². The van der Waals surface area contributed by atoms with Gasteiger partial charge in [-0.15, -0.1) is 0 Å². The highest BCUT2D eigenvalue weighted by atomic mass is 16.3. The van der Waals surface area contributed by atoms with Crippen LogP contribution in [-0.2, 0) is 5.41 Å². The second-order valence-corrected chi connectivity index (χ2v) is 5.72. The summed E-state index contributed by atoms with van der Waals surface area (Å²) in [6.45, 7) is 3.82. The summed E-state index contributed by atoms with van der Waals surface area (Å²) in [5, 5.41) is 13.7. The van der Waals surface area contributed by atoms with Crippen molar-refractivity contribution in [3.8, 4) is 0 Å². The first-order chi connectivity index (χ1) is 8.21. The van der Waals surface area contributed by atoms with Crippen LogP contribution in [0, 0.1) is 6.92 Å². The van der Waals surface area contributed by atoms with Gasteiger partial charge in [0.2, 0.25) is 0 Å². The molecule has 2 heteroatoms. The largest absolute Gasteiger partial charge is 0.387 e. The molecule has 1 atom stereocenters. The predicted molar refractivity (Wildman–Crippen MR) is 69.2 cm³/mol. The quantitative estimate of drug-likeness (QED) is 0.719. The summed E-state index contributed by atoms with van der Waals surface area (Å²) in [5.74, 6) is 0. The van der Waals surface area contributed by atoms with Crippen molar-refractivity contribution in [3.63, 3.8) is 0 Å². The molecule has 2 aliphatic rings. The van der Waals surface area contributed by atoms with Crippen molar-refractivity contribution in [3.05, 3.63) is 34.9 Å². The fourth-order valence-electron chi connectivity index (χ4n) is 3.59. The van der Waals surface area contributed by atoms with Gasteiger partial charge in [-0.2, -0.15) is 0 Å². The van der Waals surface area contributed by atoms with Gasteiger partial charge in [0.1, 0.15) is 0 Å². The van der Waals surface area contributed by atoms with Crippen LogP contribution in [0.3, 0.4) is 0 Å². The number of aliphatic hydroxyl groups is 1. The molecule has 0 bridgehead atoms. The summed E-state index contributed by atoms with van der Waals surface area (Å²) in [6, 6.07) is 6.62. The third-order valence-electron chi connectivity index (χ3n) is 4.50. The minimum absolute atomic E-state index is 0.292. The van der Waals surface area contributed by atoms with E-state index in [0.717, 1.165) is 12.1 Å². The fourth-order valence-corrected chi connectivity index (χ4v) is 3.59. The highest BCUT2D eigenvalue weighted by Crippen LogP contribution is 2.44. The van der Waals surface area contributed by atoms with Crippen molar-refractivity contribution in [1.82, 2.24) is 5.32 Å². The maximum absolute atomic E-state index is 10.2. The summed E-state index contributed by atoms with van der Waals surface area (Å²) >= 11 is 0. The maximum atomic E-state index is 10.2. The highest BCUT2D eigenvalue weighted by molar-refractivity contribution is 5.41. The Morgan fingerprint density at radius 3 is 2.82 bits per heavy atom. The normalized spacial score (nSPS) is 26.8. The van der Waals surface area contributed by atoms with Gasteiger partial charge in [-0.1, -0.05) is 36.6 Å². The Balaban J connectivity index is 2.13. The number of fused-ring (bicyclic) bond motifs is 2. The predicted octanol–water partition coefficient (Wildman–Crippen LogP) is 2.44. The Morgan fingerprint density at radius 1 is 1.29 bits per heavy atom. The number of aryl methyl sites for hydroxylation is 1. The SMILES string of the molecule is Cc1ccc2c(c1)C(O)CNCC21CCCC1. The minimum Gasteiger partial charge on any atom is -0.387 e. The van der Waals surface area contributed by atoms with E-state index < -0.39 is 0 Å². The lowest BCUT2D eigenvalue weighted by Gasteiger charge is -2.30. The van der Waals surface area contributed by atoms with Crippen molar-refractivity contribution < 1.29 is 5.11 Å². The van der Waals surface area contributed by atoms with Gasteiger partial charge in [0.05, 0.1) is 6.10 Å². The van der Waals surface area contributed by atoms with Crippen LogP contribution in [0.2, 0.25) is 0 Å². The maximum Gasteiger partial charge on any atom is 0.0917 e. The molecule has 0 radical (unpaired) electrons. The monoisotopic (exact) mass is 231 g/mol. The van der Waals surface area contributed by atoms with E-state index in [9.17, 15) is 5.11 Å². The molecule has 1 fully saturated rings. The van der Waals surface area contributed by atoms with Crippen LogP contribution in [-0.4, -0.2) is 18.2 Å².